The Balaban J connectivity index is 0.00000261. The highest BCUT2D eigenvalue weighted by Crippen LogP contribution is 2.25. The molecule has 1 aliphatic heterocycles. The molecule has 0 aromatic heterocycles. The van der Waals surface area contributed by atoms with Crippen molar-refractivity contribution < 1.29 is 13.2 Å². The molecule has 1 heterocycles. The Morgan fingerprint density at radius 3 is 2.59 bits per heavy atom. The number of hydrogen-bond donors (Lipinski definition) is 2. The SMILES string of the molecule is CC1CN(C(=O)c2cc(Cl)ccc2NS(=O)(=O)c2ccccc2)CCN1.Cl. The third-order valence-corrected chi connectivity index (χ3v) is 5.78. The number of hydrogen-bond acceptors (Lipinski definition) is 4. The van der Waals surface area contributed by atoms with E-state index in [0.717, 1.165) is 0 Å². The van der Waals surface area contributed by atoms with Gasteiger partial charge in [-0.15, -0.1) is 12.4 Å². The van der Waals surface area contributed by atoms with Crippen molar-refractivity contribution in [3.8, 4) is 0 Å². The second-order valence-corrected chi connectivity index (χ2v) is 8.33. The number of carbonyl (C=O) groups is 1. The molecular formula is C18H21Cl2N3O3S. The van der Waals surface area contributed by atoms with Crippen LogP contribution in [-0.2, 0) is 10.0 Å². The van der Waals surface area contributed by atoms with Gasteiger partial charge in [-0.3, -0.25) is 9.52 Å². The summed E-state index contributed by atoms with van der Waals surface area (Å²) in [5.74, 6) is -0.244. The van der Waals surface area contributed by atoms with Crippen molar-refractivity contribution in [2.75, 3.05) is 24.4 Å². The Hall–Kier alpha value is -1.80. The van der Waals surface area contributed by atoms with Gasteiger partial charge in [-0.05, 0) is 37.3 Å². The number of nitrogens with one attached hydrogen (secondary N) is 2. The minimum atomic E-state index is -3.80. The number of anilines is 1. The molecule has 0 saturated carbocycles. The molecular weight excluding hydrogens is 409 g/mol. The van der Waals surface area contributed by atoms with Gasteiger partial charge in [0.25, 0.3) is 15.9 Å². The first-order chi connectivity index (χ1) is 12.4. The van der Waals surface area contributed by atoms with Crippen LogP contribution in [0.25, 0.3) is 0 Å². The molecule has 0 aliphatic carbocycles. The van der Waals surface area contributed by atoms with Crippen LogP contribution in [-0.4, -0.2) is 44.9 Å². The molecule has 0 bridgehead atoms. The number of amides is 1. The van der Waals surface area contributed by atoms with Crippen LogP contribution in [0.4, 0.5) is 5.69 Å². The lowest BCUT2D eigenvalue weighted by atomic mass is 10.1. The van der Waals surface area contributed by atoms with E-state index in [0.29, 0.717) is 24.7 Å². The highest BCUT2D eigenvalue weighted by Gasteiger charge is 2.25. The summed E-state index contributed by atoms with van der Waals surface area (Å²) in [6, 6.07) is 12.8. The second kappa shape index (κ2) is 8.93. The zero-order valence-corrected chi connectivity index (χ0v) is 17.1. The van der Waals surface area contributed by atoms with Gasteiger partial charge in [-0.2, -0.15) is 0 Å². The lowest BCUT2D eigenvalue weighted by molar-refractivity contribution is 0.0710. The maximum absolute atomic E-state index is 12.9. The molecule has 3 rings (SSSR count). The quantitative estimate of drug-likeness (QED) is 0.782. The lowest BCUT2D eigenvalue weighted by Crippen LogP contribution is -2.51. The lowest BCUT2D eigenvalue weighted by Gasteiger charge is -2.32. The molecule has 146 valence electrons. The van der Waals surface area contributed by atoms with E-state index in [4.69, 9.17) is 11.6 Å². The van der Waals surface area contributed by atoms with Crippen LogP contribution < -0.4 is 10.0 Å². The van der Waals surface area contributed by atoms with E-state index in [9.17, 15) is 13.2 Å². The summed E-state index contributed by atoms with van der Waals surface area (Å²) >= 11 is 6.06. The fraction of sp³-hybridized carbons (Fsp3) is 0.278. The molecule has 6 nitrogen and oxygen atoms in total. The fourth-order valence-corrected chi connectivity index (χ4v) is 4.15. The second-order valence-electron chi connectivity index (χ2n) is 6.21. The van der Waals surface area contributed by atoms with E-state index < -0.39 is 10.0 Å². The Kier molecular flexibility index (Phi) is 7.11. The normalized spacial score (nSPS) is 17.1. The van der Waals surface area contributed by atoms with Crippen molar-refractivity contribution in [1.29, 1.82) is 0 Å². The van der Waals surface area contributed by atoms with Crippen LogP contribution in [0.1, 0.15) is 17.3 Å². The maximum Gasteiger partial charge on any atom is 0.261 e. The number of carbonyl (C=O) groups excluding carboxylic acids is 1. The Bertz CT molecular complexity index is 907. The average Bonchev–Trinajstić information content (AvgIpc) is 2.63. The molecule has 2 aromatic carbocycles. The molecule has 1 saturated heterocycles. The number of nitrogens with zero attached hydrogens (tertiary/aromatic N) is 1. The van der Waals surface area contributed by atoms with Crippen LogP contribution >= 0.6 is 24.0 Å². The van der Waals surface area contributed by atoms with Gasteiger partial charge in [0, 0.05) is 30.7 Å². The number of benzene rings is 2. The Labute approximate surface area is 170 Å². The number of sulfonamides is 1. The zero-order chi connectivity index (χ0) is 18.7. The largest absolute Gasteiger partial charge is 0.336 e. The van der Waals surface area contributed by atoms with Crippen LogP contribution in [0.2, 0.25) is 5.02 Å². The van der Waals surface area contributed by atoms with Crippen LogP contribution in [0.3, 0.4) is 0 Å². The van der Waals surface area contributed by atoms with Crippen molar-refractivity contribution in [3.05, 3.63) is 59.1 Å². The van der Waals surface area contributed by atoms with E-state index >= 15 is 0 Å². The van der Waals surface area contributed by atoms with E-state index in [-0.39, 0.29) is 40.5 Å². The minimum Gasteiger partial charge on any atom is -0.336 e. The van der Waals surface area contributed by atoms with Crippen molar-refractivity contribution in [3.63, 3.8) is 0 Å². The van der Waals surface area contributed by atoms with Gasteiger partial charge in [0.15, 0.2) is 0 Å². The molecule has 2 aromatic rings. The van der Waals surface area contributed by atoms with Crippen molar-refractivity contribution in [1.82, 2.24) is 10.2 Å². The van der Waals surface area contributed by atoms with Gasteiger partial charge in [0.05, 0.1) is 16.1 Å². The smallest absolute Gasteiger partial charge is 0.261 e. The first-order valence-electron chi connectivity index (χ1n) is 8.27. The molecule has 9 heteroatoms. The number of piperazine rings is 1. The van der Waals surface area contributed by atoms with Gasteiger partial charge in [0.1, 0.15) is 0 Å². The molecule has 1 unspecified atom stereocenters. The highest BCUT2D eigenvalue weighted by atomic mass is 35.5. The Morgan fingerprint density at radius 1 is 1.22 bits per heavy atom. The van der Waals surface area contributed by atoms with E-state index in [1.807, 2.05) is 6.92 Å². The Morgan fingerprint density at radius 2 is 1.93 bits per heavy atom. The van der Waals surface area contributed by atoms with Gasteiger partial charge in [-0.25, -0.2) is 8.42 Å². The number of rotatable bonds is 4. The minimum absolute atomic E-state index is 0. The van der Waals surface area contributed by atoms with Crippen LogP contribution in [0, 0.1) is 0 Å². The molecule has 0 radical (unpaired) electrons. The third-order valence-electron chi connectivity index (χ3n) is 4.17. The number of halogens is 2. The topological polar surface area (TPSA) is 78.5 Å². The molecule has 1 amide bonds. The monoisotopic (exact) mass is 429 g/mol. The van der Waals surface area contributed by atoms with Gasteiger partial charge < -0.3 is 10.2 Å². The molecule has 1 atom stereocenters. The predicted octanol–water partition coefficient (Wildman–Crippen LogP) is 3.00. The average molecular weight is 430 g/mol. The predicted molar refractivity (Wildman–Crippen MR) is 109 cm³/mol. The van der Waals surface area contributed by atoms with E-state index in [2.05, 4.69) is 10.0 Å². The molecule has 1 aliphatic rings. The summed E-state index contributed by atoms with van der Waals surface area (Å²) in [7, 11) is -3.80. The van der Waals surface area contributed by atoms with Crippen molar-refractivity contribution >= 4 is 45.6 Å². The highest BCUT2D eigenvalue weighted by molar-refractivity contribution is 7.92. The fourth-order valence-electron chi connectivity index (χ4n) is 2.87. The summed E-state index contributed by atoms with van der Waals surface area (Å²) in [6.45, 7) is 3.80. The van der Waals surface area contributed by atoms with Crippen molar-refractivity contribution in [2.24, 2.45) is 0 Å². The van der Waals surface area contributed by atoms with Crippen molar-refractivity contribution in [2.45, 2.75) is 17.9 Å². The van der Waals surface area contributed by atoms with E-state index in [1.54, 1.807) is 29.2 Å². The summed E-state index contributed by atoms with van der Waals surface area (Å²) in [5.41, 5.74) is 0.459. The summed E-state index contributed by atoms with van der Waals surface area (Å²) in [5, 5.41) is 3.65. The van der Waals surface area contributed by atoms with Crippen LogP contribution in [0.15, 0.2) is 53.4 Å². The maximum atomic E-state index is 12.9. The molecule has 27 heavy (non-hydrogen) atoms. The third kappa shape index (κ3) is 5.13. The van der Waals surface area contributed by atoms with Gasteiger partial charge >= 0.3 is 0 Å². The summed E-state index contributed by atoms with van der Waals surface area (Å²) in [4.78, 5) is 14.8. The molecule has 1 fully saturated rings. The van der Waals surface area contributed by atoms with Gasteiger partial charge in [-0.1, -0.05) is 29.8 Å². The molecule has 0 spiro atoms. The summed E-state index contributed by atoms with van der Waals surface area (Å²) in [6.07, 6.45) is 0. The zero-order valence-electron chi connectivity index (χ0n) is 14.7. The molecule has 2 N–H and O–H groups in total. The van der Waals surface area contributed by atoms with Crippen LogP contribution in [0.5, 0.6) is 0 Å². The summed E-state index contributed by atoms with van der Waals surface area (Å²) < 4.78 is 27.7. The standard InChI is InChI=1S/C18H20ClN3O3S.ClH/c1-13-12-22(10-9-20-13)18(23)16-11-14(19)7-8-17(16)21-26(24,25)15-5-3-2-4-6-15;/h2-8,11,13,20-21H,9-10,12H2,1H3;1H. The first kappa shape index (κ1) is 21.5. The van der Waals surface area contributed by atoms with E-state index in [1.165, 1.54) is 24.3 Å². The first-order valence-corrected chi connectivity index (χ1v) is 10.1. The van der Waals surface area contributed by atoms with Gasteiger partial charge in [0.2, 0.25) is 0 Å².